The van der Waals surface area contributed by atoms with Gasteiger partial charge in [-0.3, -0.25) is 0 Å². The quantitative estimate of drug-likeness (QED) is 0.749. The van der Waals surface area contributed by atoms with Gasteiger partial charge < -0.3 is 15.4 Å². The molecule has 1 heterocycles. The average molecular weight is 233 g/mol. The van der Waals surface area contributed by atoms with Gasteiger partial charge in [0, 0.05) is 13.1 Å². The van der Waals surface area contributed by atoms with Gasteiger partial charge in [-0.25, -0.2) is 4.39 Å². The van der Waals surface area contributed by atoms with Gasteiger partial charge in [0.15, 0.2) is 0 Å². The highest BCUT2D eigenvalue weighted by Crippen LogP contribution is 2.24. The maximum absolute atomic E-state index is 13.0. The van der Waals surface area contributed by atoms with E-state index in [1.54, 1.807) is 6.07 Å². The van der Waals surface area contributed by atoms with E-state index in [0.717, 1.165) is 18.8 Å². The van der Waals surface area contributed by atoms with E-state index >= 15 is 0 Å². The normalized spacial score (nSPS) is 15.9. The molecule has 0 spiro atoms. The van der Waals surface area contributed by atoms with Gasteiger partial charge in [-0.2, -0.15) is 0 Å². The van der Waals surface area contributed by atoms with Crippen LogP contribution in [0.3, 0.4) is 0 Å². The summed E-state index contributed by atoms with van der Waals surface area (Å²) >= 11 is 0. The van der Waals surface area contributed by atoms with Crippen molar-refractivity contribution in [2.75, 3.05) is 36.9 Å². The van der Waals surface area contributed by atoms with Crippen LogP contribution in [0.5, 0.6) is 0 Å². The lowest BCUT2D eigenvalue weighted by Gasteiger charge is -2.29. The third-order valence-electron chi connectivity index (χ3n) is 2.34. The van der Waals surface area contributed by atoms with Crippen LogP contribution in [-0.4, -0.2) is 26.3 Å². The molecule has 1 aromatic rings. The molecule has 0 aliphatic carbocycles. The van der Waals surface area contributed by atoms with E-state index in [-0.39, 0.29) is 18.2 Å². The summed E-state index contributed by atoms with van der Waals surface area (Å²) in [5, 5.41) is 0. The number of halogens is 2. The summed E-state index contributed by atoms with van der Waals surface area (Å²) in [4.78, 5) is 2.04. The number of benzene rings is 1. The molecule has 0 unspecified atom stereocenters. The van der Waals surface area contributed by atoms with Crippen LogP contribution in [-0.2, 0) is 4.74 Å². The number of nitrogens with two attached hydrogens (primary N) is 1. The summed E-state index contributed by atoms with van der Waals surface area (Å²) in [6.07, 6.45) is 0. The van der Waals surface area contributed by atoms with Crippen LogP contribution in [0.1, 0.15) is 0 Å². The first kappa shape index (κ1) is 12.1. The zero-order chi connectivity index (χ0) is 9.97. The Bertz CT molecular complexity index is 329. The lowest BCUT2D eigenvalue weighted by atomic mass is 10.2. The largest absolute Gasteiger partial charge is 0.397 e. The Balaban J connectivity index is 0.00000112. The predicted octanol–water partition coefficient (Wildman–Crippen LogP) is 1.67. The first-order valence-electron chi connectivity index (χ1n) is 4.65. The summed E-state index contributed by atoms with van der Waals surface area (Å²) in [5.41, 5.74) is 7.16. The number of hydrogen-bond acceptors (Lipinski definition) is 3. The minimum absolute atomic E-state index is 0. The van der Waals surface area contributed by atoms with Crippen LogP contribution in [0.15, 0.2) is 18.2 Å². The second-order valence-electron chi connectivity index (χ2n) is 3.30. The Labute approximate surface area is 94.4 Å². The number of ether oxygens (including phenoxy) is 1. The highest BCUT2D eigenvalue weighted by Gasteiger charge is 2.13. The van der Waals surface area contributed by atoms with Crippen molar-refractivity contribution in [1.29, 1.82) is 0 Å². The summed E-state index contributed by atoms with van der Waals surface area (Å²) < 4.78 is 18.2. The highest BCUT2D eigenvalue weighted by atomic mass is 35.5. The fraction of sp³-hybridized carbons (Fsp3) is 0.400. The highest BCUT2D eigenvalue weighted by molar-refractivity contribution is 5.85. The lowest BCUT2D eigenvalue weighted by molar-refractivity contribution is 0.122. The van der Waals surface area contributed by atoms with Crippen LogP contribution in [0, 0.1) is 5.82 Å². The smallest absolute Gasteiger partial charge is 0.125 e. The molecule has 1 fully saturated rings. The van der Waals surface area contributed by atoms with E-state index in [0.29, 0.717) is 18.9 Å². The Morgan fingerprint density at radius 3 is 2.60 bits per heavy atom. The summed E-state index contributed by atoms with van der Waals surface area (Å²) in [5.74, 6) is -0.249. The van der Waals surface area contributed by atoms with Crippen molar-refractivity contribution in [3.8, 4) is 0 Å². The van der Waals surface area contributed by atoms with E-state index in [2.05, 4.69) is 0 Å². The standard InChI is InChI=1S/C10H13FN2O.ClH/c11-8-1-2-9(12)10(7-8)13-3-5-14-6-4-13;/h1-2,7H,3-6,12H2;1H. The Kier molecular flexibility index (Phi) is 4.17. The maximum Gasteiger partial charge on any atom is 0.125 e. The first-order chi connectivity index (χ1) is 6.77. The van der Waals surface area contributed by atoms with Crippen molar-refractivity contribution >= 4 is 23.8 Å². The van der Waals surface area contributed by atoms with Gasteiger partial charge in [0.25, 0.3) is 0 Å². The van der Waals surface area contributed by atoms with Crippen molar-refractivity contribution < 1.29 is 9.13 Å². The molecule has 2 rings (SSSR count). The van der Waals surface area contributed by atoms with Crippen LogP contribution >= 0.6 is 12.4 Å². The predicted molar refractivity (Wildman–Crippen MR) is 61.1 cm³/mol. The van der Waals surface area contributed by atoms with Gasteiger partial charge in [0.1, 0.15) is 5.82 Å². The summed E-state index contributed by atoms with van der Waals surface area (Å²) in [6, 6.07) is 4.44. The van der Waals surface area contributed by atoms with Gasteiger partial charge in [-0.1, -0.05) is 0 Å². The van der Waals surface area contributed by atoms with Gasteiger partial charge in [0.2, 0.25) is 0 Å². The molecular formula is C10H14ClFN2O. The monoisotopic (exact) mass is 232 g/mol. The third kappa shape index (κ3) is 2.73. The topological polar surface area (TPSA) is 38.5 Å². The molecule has 1 aromatic carbocycles. The van der Waals surface area contributed by atoms with Gasteiger partial charge in [-0.05, 0) is 18.2 Å². The minimum atomic E-state index is -0.249. The third-order valence-corrected chi connectivity index (χ3v) is 2.34. The van der Waals surface area contributed by atoms with Crippen LogP contribution < -0.4 is 10.6 Å². The molecule has 15 heavy (non-hydrogen) atoms. The SMILES string of the molecule is Cl.Nc1ccc(F)cc1N1CCOCC1. The van der Waals surface area contributed by atoms with Gasteiger partial charge in [0.05, 0.1) is 24.6 Å². The molecule has 1 saturated heterocycles. The van der Waals surface area contributed by atoms with Crippen molar-refractivity contribution in [1.82, 2.24) is 0 Å². The second-order valence-corrected chi connectivity index (χ2v) is 3.30. The number of nitrogens with zero attached hydrogens (tertiary/aromatic N) is 1. The van der Waals surface area contributed by atoms with E-state index in [4.69, 9.17) is 10.5 Å². The molecule has 5 heteroatoms. The van der Waals surface area contributed by atoms with Crippen LogP contribution in [0.4, 0.5) is 15.8 Å². The molecule has 2 N–H and O–H groups in total. The fourth-order valence-corrected chi connectivity index (χ4v) is 1.59. The number of nitrogen functional groups attached to an aromatic ring is 1. The van der Waals surface area contributed by atoms with E-state index in [9.17, 15) is 4.39 Å². The van der Waals surface area contributed by atoms with Crippen molar-refractivity contribution in [3.63, 3.8) is 0 Å². The molecule has 1 aliphatic heterocycles. The lowest BCUT2D eigenvalue weighted by Crippen LogP contribution is -2.36. The molecule has 0 amide bonds. The Morgan fingerprint density at radius 1 is 1.27 bits per heavy atom. The number of anilines is 2. The van der Waals surface area contributed by atoms with Crippen LogP contribution in [0.25, 0.3) is 0 Å². The van der Waals surface area contributed by atoms with Gasteiger partial charge >= 0.3 is 0 Å². The molecule has 84 valence electrons. The first-order valence-corrected chi connectivity index (χ1v) is 4.65. The van der Waals surface area contributed by atoms with Crippen molar-refractivity contribution in [3.05, 3.63) is 24.0 Å². The van der Waals surface area contributed by atoms with Crippen molar-refractivity contribution in [2.24, 2.45) is 0 Å². The summed E-state index contributed by atoms with van der Waals surface area (Å²) in [7, 11) is 0. The number of morpholine rings is 1. The van der Waals surface area contributed by atoms with Crippen molar-refractivity contribution in [2.45, 2.75) is 0 Å². The molecule has 1 aliphatic rings. The van der Waals surface area contributed by atoms with E-state index in [1.165, 1.54) is 12.1 Å². The fourth-order valence-electron chi connectivity index (χ4n) is 1.59. The Morgan fingerprint density at radius 2 is 1.93 bits per heavy atom. The zero-order valence-electron chi connectivity index (χ0n) is 8.28. The molecule has 0 atom stereocenters. The molecule has 0 aromatic heterocycles. The Hall–Kier alpha value is -1.00. The molecule has 0 bridgehead atoms. The van der Waals surface area contributed by atoms with E-state index in [1.807, 2.05) is 4.90 Å². The minimum Gasteiger partial charge on any atom is -0.397 e. The van der Waals surface area contributed by atoms with Gasteiger partial charge in [-0.15, -0.1) is 12.4 Å². The molecular weight excluding hydrogens is 219 g/mol. The summed E-state index contributed by atoms with van der Waals surface area (Å²) in [6.45, 7) is 2.90. The van der Waals surface area contributed by atoms with Crippen LogP contribution in [0.2, 0.25) is 0 Å². The molecule has 0 radical (unpaired) electrons. The number of rotatable bonds is 1. The number of hydrogen-bond donors (Lipinski definition) is 1. The van der Waals surface area contributed by atoms with E-state index < -0.39 is 0 Å². The molecule has 0 saturated carbocycles. The molecule has 3 nitrogen and oxygen atoms in total. The maximum atomic E-state index is 13.0. The zero-order valence-corrected chi connectivity index (χ0v) is 9.10. The second kappa shape index (κ2) is 5.19. The average Bonchev–Trinajstić information content (AvgIpc) is 2.23.